The lowest BCUT2D eigenvalue weighted by Gasteiger charge is -2.23. The van der Waals surface area contributed by atoms with Crippen LogP contribution in [0.4, 0.5) is 8.78 Å². The molecule has 2 nitrogen and oxygen atoms in total. The monoisotopic (exact) mass is 270 g/mol. The van der Waals surface area contributed by atoms with Crippen LogP contribution in [-0.4, -0.2) is 30.6 Å². The largest absolute Gasteiger partial charge is 0.311 e. The Bertz CT molecular complexity index is 425. The molecule has 0 aliphatic carbocycles. The highest BCUT2D eigenvalue weighted by Crippen LogP contribution is 2.15. The van der Waals surface area contributed by atoms with E-state index in [2.05, 4.69) is 26.1 Å². The maximum absolute atomic E-state index is 13.6. The van der Waals surface area contributed by atoms with Gasteiger partial charge in [0.05, 0.1) is 0 Å². The fraction of sp³-hybridized carbons (Fsp3) is 0.600. The van der Waals surface area contributed by atoms with Gasteiger partial charge in [-0.1, -0.05) is 0 Å². The summed E-state index contributed by atoms with van der Waals surface area (Å²) >= 11 is 0. The zero-order valence-electron chi connectivity index (χ0n) is 12.5. The number of aryl methyl sites for hydroxylation is 1. The van der Waals surface area contributed by atoms with E-state index in [1.165, 1.54) is 0 Å². The molecule has 1 aromatic rings. The first-order chi connectivity index (χ1) is 8.69. The fourth-order valence-electron chi connectivity index (χ4n) is 1.83. The predicted octanol–water partition coefficient (Wildman–Crippen LogP) is 3.09. The SMILES string of the molecule is Cc1cc(CN(C)CCNC(C)(C)C)c(F)cc1F. The number of likely N-dealkylation sites (N-methyl/N-ethyl adjacent to an activating group) is 1. The molecule has 19 heavy (non-hydrogen) atoms. The van der Waals surface area contributed by atoms with Gasteiger partial charge in [0.1, 0.15) is 11.6 Å². The third-order valence-electron chi connectivity index (χ3n) is 2.92. The minimum Gasteiger partial charge on any atom is -0.311 e. The van der Waals surface area contributed by atoms with Crippen LogP contribution in [0.3, 0.4) is 0 Å². The Labute approximate surface area is 114 Å². The summed E-state index contributed by atoms with van der Waals surface area (Å²) < 4.78 is 26.8. The number of halogens is 2. The molecule has 0 spiro atoms. The summed E-state index contributed by atoms with van der Waals surface area (Å²) in [6, 6.07) is 2.55. The maximum Gasteiger partial charge on any atom is 0.130 e. The van der Waals surface area contributed by atoms with Gasteiger partial charge < -0.3 is 10.2 Å². The number of hydrogen-bond acceptors (Lipinski definition) is 2. The van der Waals surface area contributed by atoms with Crippen LogP contribution in [0.1, 0.15) is 31.9 Å². The zero-order valence-corrected chi connectivity index (χ0v) is 12.5. The van der Waals surface area contributed by atoms with Gasteiger partial charge in [0, 0.05) is 36.8 Å². The smallest absolute Gasteiger partial charge is 0.130 e. The quantitative estimate of drug-likeness (QED) is 0.884. The first-order valence-corrected chi connectivity index (χ1v) is 6.57. The predicted molar refractivity (Wildman–Crippen MR) is 75.2 cm³/mol. The standard InChI is InChI=1S/C15H24F2N2/c1-11-8-12(14(17)9-13(11)16)10-19(5)7-6-18-15(2,3)4/h8-9,18H,6-7,10H2,1-5H3. The highest BCUT2D eigenvalue weighted by molar-refractivity contribution is 5.25. The summed E-state index contributed by atoms with van der Waals surface area (Å²) in [5.41, 5.74) is 1.10. The van der Waals surface area contributed by atoms with E-state index in [9.17, 15) is 8.78 Å². The Morgan fingerprint density at radius 1 is 1.16 bits per heavy atom. The molecule has 0 saturated heterocycles. The second-order valence-electron chi connectivity index (χ2n) is 6.11. The van der Waals surface area contributed by atoms with E-state index in [0.717, 1.165) is 19.2 Å². The van der Waals surface area contributed by atoms with Gasteiger partial charge in [0.15, 0.2) is 0 Å². The number of benzene rings is 1. The van der Waals surface area contributed by atoms with Gasteiger partial charge in [-0.05, 0) is 46.4 Å². The van der Waals surface area contributed by atoms with E-state index in [1.54, 1.807) is 13.0 Å². The van der Waals surface area contributed by atoms with Crippen molar-refractivity contribution in [2.75, 3.05) is 20.1 Å². The lowest BCUT2D eigenvalue weighted by molar-refractivity contribution is 0.299. The van der Waals surface area contributed by atoms with Gasteiger partial charge in [0.25, 0.3) is 0 Å². The average molecular weight is 270 g/mol. The molecule has 1 aromatic carbocycles. The maximum atomic E-state index is 13.6. The molecule has 0 radical (unpaired) electrons. The molecular formula is C15H24F2N2. The van der Waals surface area contributed by atoms with Gasteiger partial charge in [-0.2, -0.15) is 0 Å². The minimum atomic E-state index is -0.488. The van der Waals surface area contributed by atoms with E-state index in [0.29, 0.717) is 17.7 Å². The lowest BCUT2D eigenvalue weighted by Crippen LogP contribution is -2.40. The van der Waals surface area contributed by atoms with Crippen LogP contribution in [0, 0.1) is 18.6 Å². The molecule has 4 heteroatoms. The van der Waals surface area contributed by atoms with E-state index < -0.39 is 11.6 Å². The Kier molecular flexibility index (Phi) is 5.44. The Morgan fingerprint density at radius 3 is 2.37 bits per heavy atom. The Morgan fingerprint density at radius 2 is 1.79 bits per heavy atom. The molecule has 0 saturated carbocycles. The number of nitrogens with zero attached hydrogens (tertiary/aromatic N) is 1. The fourth-order valence-corrected chi connectivity index (χ4v) is 1.83. The molecule has 0 atom stereocenters. The van der Waals surface area contributed by atoms with Crippen LogP contribution in [0.15, 0.2) is 12.1 Å². The van der Waals surface area contributed by atoms with Crippen molar-refractivity contribution in [2.24, 2.45) is 0 Å². The van der Waals surface area contributed by atoms with Crippen molar-refractivity contribution in [3.05, 3.63) is 34.9 Å². The summed E-state index contributed by atoms with van der Waals surface area (Å²) in [5, 5.41) is 3.38. The zero-order chi connectivity index (χ0) is 14.6. The molecule has 1 N–H and O–H groups in total. The molecule has 0 bridgehead atoms. The molecule has 0 aliphatic rings. The van der Waals surface area contributed by atoms with Gasteiger partial charge in [-0.3, -0.25) is 0 Å². The minimum absolute atomic E-state index is 0.0819. The van der Waals surface area contributed by atoms with E-state index >= 15 is 0 Å². The van der Waals surface area contributed by atoms with Crippen molar-refractivity contribution in [1.29, 1.82) is 0 Å². The van der Waals surface area contributed by atoms with Crippen molar-refractivity contribution >= 4 is 0 Å². The topological polar surface area (TPSA) is 15.3 Å². The first kappa shape index (κ1) is 16.1. The van der Waals surface area contributed by atoms with Crippen molar-refractivity contribution in [3.8, 4) is 0 Å². The normalized spacial score (nSPS) is 12.2. The van der Waals surface area contributed by atoms with Gasteiger partial charge >= 0.3 is 0 Å². The number of rotatable bonds is 5. The van der Waals surface area contributed by atoms with Crippen molar-refractivity contribution in [2.45, 2.75) is 39.8 Å². The van der Waals surface area contributed by atoms with E-state index in [-0.39, 0.29) is 5.54 Å². The molecule has 108 valence electrons. The molecular weight excluding hydrogens is 246 g/mol. The Balaban J connectivity index is 2.53. The van der Waals surface area contributed by atoms with E-state index in [1.807, 2.05) is 11.9 Å². The second-order valence-corrected chi connectivity index (χ2v) is 6.11. The molecule has 0 aliphatic heterocycles. The molecule has 0 aromatic heterocycles. The number of nitrogens with one attached hydrogen (secondary N) is 1. The second kappa shape index (κ2) is 6.44. The van der Waals surface area contributed by atoms with Crippen LogP contribution >= 0.6 is 0 Å². The molecule has 0 fully saturated rings. The van der Waals surface area contributed by atoms with Crippen LogP contribution < -0.4 is 5.32 Å². The van der Waals surface area contributed by atoms with Gasteiger partial charge in [0.2, 0.25) is 0 Å². The number of hydrogen-bond donors (Lipinski definition) is 1. The molecule has 0 unspecified atom stereocenters. The molecule has 1 rings (SSSR count). The third kappa shape index (κ3) is 5.66. The average Bonchev–Trinajstić information content (AvgIpc) is 2.24. The van der Waals surface area contributed by atoms with Crippen LogP contribution in [0.25, 0.3) is 0 Å². The molecule has 0 heterocycles. The summed E-state index contributed by atoms with van der Waals surface area (Å²) in [6.45, 7) is 10.1. The first-order valence-electron chi connectivity index (χ1n) is 6.57. The lowest BCUT2D eigenvalue weighted by atomic mass is 10.1. The highest BCUT2D eigenvalue weighted by Gasteiger charge is 2.11. The summed E-state index contributed by atoms with van der Waals surface area (Å²) in [7, 11) is 1.93. The van der Waals surface area contributed by atoms with Crippen molar-refractivity contribution < 1.29 is 8.78 Å². The highest BCUT2D eigenvalue weighted by atomic mass is 19.1. The summed E-state index contributed by atoms with van der Waals surface area (Å²) in [5.74, 6) is -0.961. The Hall–Kier alpha value is -1.00. The third-order valence-corrected chi connectivity index (χ3v) is 2.92. The van der Waals surface area contributed by atoms with Gasteiger partial charge in [-0.15, -0.1) is 0 Å². The van der Waals surface area contributed by atoms with Crippen molar-refractivity contribution in [1.82, 2.24) is 10.2 Å². The van der Waals surface area contributed by atoms with Crippen LogP contribution in [0.5, 0.6) is 0 Å². The summed E-state index contributed by atoms with van der Waals surface area (Å²) in [6.07, 6.45) is 0. The van der Waals surface area contributed by atoms with E-state index in [4.69, 9.17) is 0 Å². The van der Waals surface area contributed by atoms with Crippen LogP contribution in [-0.2, 0) is 6.54 Å². The van der Waals surface area contributed by atoms with Gasteiger partial charge in [-0.25, -0.2) is 8.78 Å². The van der Waals surface area contributed by atoms with Crippen molar-refractivity contribution in [3.63, 3.8) is 0 Å². The van der Waals surface area contributed by atoms with Crippen LogP contribution in [0.2, 0.25) is 0 Å². The summed E-state index contributed by atoms with van der Waals surface area (Å²) in [4.78, 5) is 2.02. The molecule has 0 amide bonds.